The molecule has 0 aromatic carbocycles. The van der Waals surface area contributed by atoms with Crippen LogP contribution in [-0.2, 0) is 6.54 Å². The predicted molar refractivity (Wildman–Crippen MR) is 95.3 cm³/mol. The molecule has 1 aliphatic rings. The van der Waals surface area contributed by atoms with Crippen LogP contribution < -0.4 is 4.90 Å². The summed E-state index contributed by atoms with van der Waals surface area (Å²) in [5.74, 6) is 1.01. The second kappa shape index (κ2) is 7.28. The molecule has 0 bridgehead atoms. The third-order valence-electron chi connectivity index (χ3n) is 4.51. The van der Waals surface area contributed by atoms with Crippen molar-refractivity contribution >= 4 is 17.4 Å². The maximum atomic E-state index is 13.0. The lowest BCUT2D eigenvalue weighted by Crippen LogP contribution is -2.24. The average Bonchev–Trinajstić information content (AvgIpc) is 3.12. The van der Waals surface area contributed by atoms with Crippen LogP contribution in [-0.4, -0.2) is 21.3 Å². The van der Waals surface area contributed by atoms with Crippen molar-refractivity contribution in [2.75, 3.05) is 11.4 Å². The number of hydrogen-bond donors (Lipinski definition) is 0. The van der Waals surface area contributed by atoms with Crippen LogP contribution >= 0.6 is 11.6 Å². The zero-order valence-electron chi connectivity index (χ0n) is 14.7. The van der Waals surface area contributed by atoms with E-state index >= 15 is 0 Å². The normalized spacial score (nSPS) is 17.9. The van der Waals surface area contributed by atoms with Gasteiger partial charge in [0.15, 0.2) is 0 Å². The molecule has 1 aliphatic heterocycles. The molecule has 7 heteroatoms. The number of aromatic nitrogens is 3. The predicted octanol–water partition coefficient (Wildman–Crippen LogP) is 5.18. The molecule has 0 spiro atoms. The molecule has 1 saturated heterocycles. The van der Waals surface area contributed by atoms with Crippen LogP contribution in [0.25, 0.3) is 0 Å². The van der Waals surface area contributed by atoms with Crippen LogP contribution in [0.3, 0.4) is 0 Å². The van der Waals surface area contributed by atoms with Gasteiger partial charge in [0.1, 0.15) is 16.7 Å². The van der Waals surface area contributed by atoms with Crippen molar-refractivity contribution in [2.45, 2.75) is 52.6 Å². The van der Waals surface area contributed by atoms with Gasteiger partial charge in [0.2, 0.25) is 0 Å². The molecule has 1 unspecified atom stereocenters. The number of nitrogens with zero attached hydrogens (tertiary/aromatic N) is 4. The van der Waals surface area contributed by atoms with Crippen LogP contribution in [0.2, 0.25) is 5.15 Å². The summed E-state index contributed by atoms with van der Waals surface area (Å²) in [6, 6.07) is 4.80. The van der Waals surface area contributed by atoms with Crippen LogP contribution in [0.4, 0.5) is 14.6 Å². The Bertz CT molecular complexity index is 745. The molecule has 3 heterocycles. The third kappa shape index (κ3) is 3.64. The standard InChI is InChI=1S/C18H23ClF2N4/c1-11(2)10-25-17(19)16(12(3)23-25)14-7-5-9-24(14)15-8-4-6-13(22-15)18(20)21/h4,6,8,11,14,18H,5,7,9-10H2,1-3H3. The van der Waals surface area contributed by atoms with Gasteiger partial charge in [0.05, 0.1) is 11.7 Å². The second-order valence-electron chi connectivity index (χ2n) is 6.94. The van der Waals surface area contributed by atoms with E-state index in [-0.39, 0.29) is 11.7 Å². The fraction of sp³-hybridized carbons (Fsp3) is 0.556. The van der Waals surface area contributed by atoms with Gasteiger partial charge in [0.25, 0.3) is 6.43 Å². The zero-order chi connectivity index (χ0) is 18.1. The molecule has 0 amide bonds. The van der Waals surface area contributed by atoms with Gasteiger partial charge in [-0.3, -0.25) is 4.68 Å². The molecule has 4 nitrogen and oxygen atoms in total. The summed E-state index contributed by atoms with van der Waals surface area (Å²) in [5.41, 5.74) is 1.69. The molecule has 1 atom stereocenters. The number of rotatable bonds is 5. The van der Waals surface area contributed by atoms with E-state index in [1.54, 1.807) is 12.1 Å². The van der Waals surface area contributed by atoms with Crippen molar-refractivity contribution in [3.63, 3.8) is 0 Å². The van der Waals surface area contributed by atoms with Gasteiger partial charge in [-0.15, -0.1) is 0 Å². The van der Waals surface area contributed by atoms with Crippen molar-refractivity contribution in [2.24, 2.45) is 5.92 Å². The van der Waals surface area contributed by atoms with E-state index in [4.69, 9.17) is 11.6 Å². The summed E-state index contributed by atoms with van der Waals surface area (Å²) in [6.07, 6.45) is -0.689. The van der Waals surface area contributed by atoms with Crippen molar-refractivity contribution in [1.82, 2.24) is 14.8 Å². The Balaban J connectivity index is 1.95. The third-order valence-corrected chi connectivity index (χ3v) is 4.91. The van der Waals surface area contributed by atoms with Gasteiger partial charge in [-0.05, 0) is 37.8 Å². The Kier molecular flexibility index (Phi) is 5.27. The van der Waals surface area contributed by atoms with Gasteiger partial charge in [-0.25, -0.2) is 13.8 Å². The molecule has 0 radical (unpaired) electrons. The number of anilines is 1. The topological polar surface area (TPSA) is 34.0 Å². The summed E-state index contributed by atoms with van der Waals surface area (Å²) in [5, 5.41) is 5.23. The number of alkyl halides is 2. The highest BCUT2D eigenvalue weighted by atomic mass is 35.5. The molecule has 136 valence electrons. The van der Waals surface area contributed by atoms with Crippen LogP contribution in [0.5, 0.6) is 0 Å². The minimum Gasteiger partial charge on any atom is -0.349 e. The number of pyridine rings is 1. The lowest BCUT2D eigenvalue weighted by molar-refractivity contribution is 0.146. The first kappa shape index (κ1) is 18.1. The summed E-state index contributed by atoms with van der Waals surface area (Å²) in [7, 11) is 0. The van der Waals surface area contributed by atoms with E-state index in [1.165, 1.54) is 6.07 Å². The summed E-state index contributed by atoms with van der Waals surface area (Å²) >= 11 is 6.62. The van der Waals surface area contributed by atoms with E-state index in [0.29, 0.717) is 16.9 Å². The Morgan fingerprint density at radius 3 is 2.76 bits per heavy atom. The monoisotopic (exact) mass is 368 g/mol. The van der Waals surface area contributed by atoms with Crippen molar-refractivity contribution in [1.29, 1.82) is 0 Å². The van der Waals surface area contributed by atoms with E-state index in [0.717, 1.165) is 37.2 Å². The molecule has 0 N–H and O–H groups in total. The minimum atomic E-state index is -2.57. The molecule has 0 saturated carbocycles. The second-order valence-corrected chi connectivity index (χ2v) is 7.30. The maximum absolute atomic E-state index is 13.0. The summed E-state index contributed by atoms with van der Waals surface area (Å²) < 4.78 is 27.8. The maximum Gasteiger partial charge on any atom is 0.280 e. The number of hydrogen-bond acceptors (Lipinski definition) is 3. The molecule has 2 aromatic rings. The van der Waals surface area contributed by atoms with Crippen LogP contribution in [0.15, 0.2) is 18.2 Å². The van der Waals surface area contributed by atoms with E-state index in [2.05, 4.69) is 28.8 Å². The number of aryl methyl sites for hydroxylation is 1. The van der Waals surface area contributed by atoms with Crippen molar-refractivity contribution in [3.8, 4) is 0 Å². The first-order valence-electron chi connectivity index (χ1n) is 8.63. The highest BCUT2D eigenvalue weighted by Crippen LogP contribution is 2.40. The van der Waals surface area contributed by atoms with Gasteiger partial charge < -0.3 is 4.90 Å². The smallest absolute Gasteiger partial charge is 0.280 e. The highest BCUT2D eigenvalue weighted by Gasteiger charge is 2.32. The first-order valence-corrected chi connectivity index (χ1v) is 9.00. The number of halogens is 3. The van der Waals surface area contributed by atoms with E-state index in [1.807, 2.05) is 11.6 Å². The Hall–Kier alpha value is -1.69. The fourth-order valence-corrected chi connectivity index (χ4v) is 3.84. The van der Waals surface area contributed by atoms with Gasteiger partial charge in [0, 0.05) is 18.7 Å². The van der Waals surface area contributed by atoms with Gasteiger partial charge in [-0.1, -0.05) is 31.5 Å². The molecule has 0 aliphatic carbocycles. The van der Waals surface area contributed by atoms with Gasteiger partial charge in [-0.2, -0.15) is 5.10 Å². The van der Waals surface area contributed by atoms with Crippen molar-refractivity contribution in [3.05, 3.63) is 40.3 Å². The van der Waals surface area contributed by atoms with E-state index < -0.39 is 6.43 Å². The van der Waals surface area contributed by atoms with Crippen molar-refractivity contribution < 1.29 is 8.78 Å². The lowest BCUT2D eigenvalue weighted by Gasteiger charge is -2.26. The zero-order valence-corrected chi connectivity index (χ0v) is 15.5. The largest absolute Gasteiger partial charge is 0.349 e. The first-order chi connectivity index (χ1) is 11.9. The quantitative estimate of drug-likeness (QED) is 0.729. The van der Waals surface area contributed by atoms with Gasteiger partial charge >= 0.3 is 0 Å². The average molecular weight is 369 g/mol. The fourth-order valence-electron chi connectivity index (χ4n) is 3.47. The molecular weight excluding hydrogens is 346 g/mol. The molecule has 2 aromatic heterocycles. The lowest BCUT2D eigenvalue weighted by atomic mass is 10.1. The molecular formula is C18H23ClF2N4. The molecule has 1 fully saturated rings. The van der Waals surface area contributed by atoms with Crippen LogP contribution in [0.1, 0.15) is 56.1 Å². The summed E-state index contributed by atoms with van der Waals surface area (Å²) in [6.45, 7) is 7.72. The van der Waals surface area contributed by atoms with E-state index in [9.17, 15) is 8.78 Å². The summed E-state index contributed by atoms with van der Waals surface area (Å²) in [4.78, 5) is 6.22. The minimum absolute atomic E-state index is 0.0221. The van der Waals surface area contributed by atoms with Crippen LogP contribution in [0, 0.1) is 12.8 Å². The Morgan fingerprint density at radius 1 is 1.32 bits per heavy atom. The Morgan fingerprint density at radius 2 is 2.08 bits per heavy atom. The molecule has 25 heavy (non-hydrogen) atoms. The highest BCUT2D eigenvalue weighted by molar-refractivity contribution is 6.30. The Labute approximate surface area is 151 Å². The molecule has 3 rings (SSSR count). The SMILES string of the molecule is Cc1nn(CC(C)C)c(Cl)c1C1CCCN1c1cccc(C(F)F)n1.